The number of rotatable bonds is 4. The molecule has 0 saturated carbocycles. The molecule has 1 aliphatic heterocycles. The van der Waals surface area contributed by atoms with Gasteiger partial charge in [-0.25, -0.2) is 4.79 Å². The first-order valence-corrected chi connectivity index (χ1v) is 7.65. The van der Waals surface area contributed by atoms with E-state index in [1.54, 1.807) is 13.2 Å². The van der Waals surface area contributed by atoms with E-state index < -0.39 is 5.60 Å². The van der Waals surface area contributed by atoms with Crippen molar-refractivity contribution in [2.45, 2.75) is 45.4 Å². The summed E-state index contributed by atoms with van der Waals surface area (Å²) in [4.78, 5) is 14.3. The van der Waals surface area contributed by atoms with Gasteiger partial charge in [0, 0.05) is 26.3 Å². The van der Waals surface area contributed by atoms with E-state index >= 15 is 0 Å². The van der Waals surface area contributed by atoms with Crippen molar-refractivity contribution in [3.05, 3.63) is 47.7 Å². The van der Waals surface area contributed by atoms with E-state index in [2.05, 4.69) is 17.0 Å². The molecule has 4 heteroatoms. The average Bonchev–Trinajstić information content (AvgIpc) is 2.80. The van der Waals surface area contributed by atoms with E-state index in [0.717, 1.165) is 25.2 Å². The Morgan fingerprint density at radius 3 is 2.59 bits per heavy atom. The molecular weight excluding hydrogens is 278 g/mol. The van der Waals surface area contributed by atoms with Gasteiger partial charge >= 0.3 is 5.97 Å². The monoisotopic (exact) mass is 303 g/mol. The highest BCUT2D eigenvalue weighted by Crippen LogP contribution is 2.26. The predicted octanol–water partition coefficient (Wildman–Crippen LogP) is 3.13. The Bertz CT molecular complexity index is 531. The summed E-state index contributed by atoms with van der Waals surface area (Å²) in [7, 11) is 1.68. The van der Waals surface area contributed by atoms with Crippen LogP contribution in [-0.2, 0) is 20.8 Å². The fourth-order valence-electron chi connectivity index (χ4n) is 2.60. The van der Waals surface area contributed by atoms with Gasteiger partial charge in [-0.3, -0.25) is 0 Å². The number of nitrogens with zero attached hydrogens (tertiary/aromatic N) is 1. The molecule has 2 rings (SSSR count). The topological polar surface area (TPSA) is 38.8 Å². The Labute approximate surface area is 132 Å². The van der Waals surface area contributed by atoms with Crippen LogP contribution in [0.5, 0.6) is 0 Å². The van der Waals surface area contributed by atoms with Crippen molar-refractivity contribution in [1.29, 1.82) is 0 Å². The molecule has 1 saturated heterocycles. The van der Waals surface area contributed by atoms with Gasteiger partial charge in [0.1, 0.15) is 5.60 Å². The number of carbonyl (C=O) groups is 1. The zero-order valence-corrected chi connectivity index (χ0v) is 13.8. The Balaban J connectivity index is 2.14. The molecule has 1 aromatic rings. The molecule has 1 aliphatic rings. The zero-order chi connectivity index (χ0) is 16.2. The molecule has 0 bridgehead atoms. The Kier molecular flexibility index (Phi) is 5.24. The molecule has 1 heterocycles. The fourth-order valence-corrected chi connectivity index (χ4v) is 2.60. The van der Waals surface area contributed by atoms with Crippen LogP contribution < -0.4 is 0 Å². The minimum Gasteiger partial charge on any atom is -0.457 e. The first-order chi connectivity index (χ1) is 10.4. The van der Waals surface area contributed by atoms with Crippen LogP contribution in [0.1, 0.15) is 32.8 Å². The van der Waals surface area contributed by atoms with Crippen LogP contribution in [0, 0.1) is 0 Å². The molecule has 1 atom stereocenters. The Morgan fingerprint density at radius 1 is 1.32 bits per heavy atom. The number of esters is 1. The maximum absolute atomic E-state index is 12.1. The molecule has 0 radical (unpaired) electrons. The predicted molar refractivity (Wildman–Crippen MR) is 86.2 cm³/mol. The Morgan fingerprint density at radius 2 is 2.00 bits per heavy atom. The smallest absolute Gasteiger partial charge is 0.333 e. The molecule has 120 valence electrons. The summed E-state index contributed by atoms with van der Waals surface area (Å²) in [5.41, 5.74) is 1.63. The summed E-state index contributed by atoms with van der Waals surface area (Å²) < 4.78 is 10.9. The van der Waals surface area contributed by atoms with E-state index in [1.165, 1.54) is 5.56 Å². The van der Waals surface area contributed by atoms with Crippen molar-refractivity contribution in [2.24, 2.45) is 0 Å². The SMILES string of the molecule is COC1CCN(Cc2ccccc2)/C1=C/C(=O)OC(C)(C)C. The molecule has 0 aromatic heterocycles. The molecule has 0 N–H and O–H groups in total. The summed E-state index contributed by atoms with van der Waals surface area (Å²) in [6.07, 6.45) is 2.42. The summed E-state index contributed by atoms with van der Waals surface area (Å²) in [5, 5.41) is 0. The average molecular weight is 303 g/mol. The second-order valence-corrected chi connectivity index (χ2v) is 6.52. The lowest BCUT2D eigenvalue weighted by atomic mass is 10.2. The first kappa shape index (κ1) is 16.6. The Hall–Kier alpha value is -1.81. The third-order valence-electron chi connectivity index (χ3n) is 3.53. The highest BCUT2D eigenvalue weighted by atomic mass is 16.6. The lowest BCUT2D eigenvalue weighted by Gasteiger charge is -2.23. The van der Waals surface area contributed by atoms with Gasteiger partial charge in [0.2, 0.25) is 0 Å². The van der Waals surface area contributed by atoms with Gasteiger partial charge in [-0.1, -0.05) is 30.3 Å². The van der Waals surface area contributed by atoms with Crippen LogP contribution in [0.15, 0.2) is 42.1 Å². The van der Waals surface area contributed by atoms with Crippen LogP contribution in [0.25, 0.3) is 0 Å². The van der Waals surface area contributed by atoms with E-state index in [1.807, 2.05) is 39.0 Å². The number of benzene rings is 1. The van der Waals surface area contributed by atoms with Gasteiger partial charge in [-0.2, -0.15) is 0 Å². The van der Waals surface area contributed by atoms with Gasteiger partial charge in [0.05, 0.1) is 11.8 Å². The molecule has 1 aromatic carbocycles. The van der Waals surface area contributed by atoms with Gasteiger partial charge in [0.25, 0.3) is 0 Å². The number of likely N-dealkylation sites (tertiary alicyclic amines) is 1. The summed E-state index contributed by atoms with van der Waals surface area (Å²) in [6.45, 7) is 7.26. The maximum atomic E-state index is 12.1. The fraction of sp³-hybridized carbons (Fsp3) is 0.500. The van der Waals surface area contributed by atoms with E-state index in [9.17, 15) is 4.79 Å². The zero-order valence-electron chi connectivity index (χ0n) is 13.8. The van der Waals surface area contributed by atoms with Crippen molar-refractivity contribution in [2.75, 3.05) is 13.7 Å². The van der Waals surface area contributed by atoms with E-state index in [4.69, 9.17) is 9.47 Å². The quantitative estimate of drug-likeness (QED) is 0.633. The van der Waals surface area contributed by atoms with Crippen LogP contribution in [-0.4, -0.2) is 36.2 Å². The standard InChI is InChI=1S/C18H25NO3/c1-18(2,3)22-17(20)12-15-16(21-4)10-11-19(15)13-14-8-6-5-7-9-14/h5-9,12,16H,10-11,13H2,1-4H3/b15-12+. The van der Waals surface area contributed by atoms with Crippen molar-refractivity contribution < 1.29 is 14.3 Å². The first-order valence-electron chi connectivity index (χ1n) is 7.65. The highest BCUT2D eigenvalue weighted by Gasteiger charge is 2.29. The second kappa shape index (κ2) is 6.97. The van der Waals surface area contributed by atoms with Gasteiger partial charge in [-0.15, -0.1) is 0 Å². The molecule has 4 nitrogen and oxygen atoms in total. The van der Waals surface area contributed by atoms with Gasteiger partial charge in [-0.05, 0) is 32.8 Å². The van der Waals surface area contributed by atoms with Gasteiger partial charge < -0.3 is 14.4 Å². The van der Waals surface area contributed by atoms with Crippen LogP contribution >= 0.6 is 0 Å². The molecular formula is C18H25NO3. The number of ether oxygens (including phenoxy) is 2. The highest BCUT2D eigenvalue weighted by molar-refractivity contribution is 5.83. The summed E-state index contributed by atoms with van der Waals surface area (Å²) >= 11 is 0. The lowest BCUT2D eigenvalue weighted by Crippen LogP contribution is -2.26. The minimum absolute atomic E-state index is 0.0452. The summed E-state index contributed by atoms with van der Waals surface area (Å²) in [5.74, 6) is -0.315. The molecule has 22 heavy (non-hydrogen) atoms. The molecule has 0 aliphatic carbocycles. The van der Waals surface area contributed by atoms with Crippen LogP contribution in [0.3, 0.4) is 0 Å². The molecule has 1 fully saturated rings. The van der Waals surface area contributed by atoms with Crippen molar-refractivity contribution >= 4 is 5.97 Å². The molecule has 0 spiro atoms. The maximum Gasteiger partial charge on any atom is 0.333 e. The number of methoxy groups -OCH3 is 1. The third kappa shape index (κ3) is 4.60. The molecule has 1 unspecified atom stereocenters. The molecule has 0 amide bonds. The largest absolute Gasteiger partial charge is 0.457 e. The lowest BCUT2D eigenvalue weighted by molar-refractivity contribution is -0.148. The van der Waals surface area contributed by atoms with E-state index in [0.29, 0.717) is 0 Å². The minimum atomic E-state index is -0.487. The van der Waals surface area contributed by atoms with Crippen molar-refractivity contribution in [3.8, 4) is 0 Å². The van der Waals surface area contributed by atoms with Gasteiger partial charge in [0.15, 0.2) is 0 Å². The van der Waals surface area contributed by atoms with Crippen molar-refractivity contribution in [1.82, 2.24) is 4.90 Å². The van der Waals surface area contributed by atoms with Crippen LogP contribution in [0.4, 0.5) is 0 Å². The second-order valence-electron chi connectivity index (χ2n) is 6.52. The van der Waals surface area contributed by atoms with E-state index in [-0.39, 0.29) is 12.1 Å². The normalized spacial score (nSPS) is 20.5. The van der Waals surface area contributed by atoms with Crippen LogP contribution in [0.2, 0.25) is 0 Å². The third-order valence-corrected chi connectivity index (χ3v) is 3.53. The summed E-state index contributed by atoms with van der Waals surface area (Å²) in [6, 6.07) is 10.2. The number of hydrogen-bond donors (Lipinski definition) is 0. The number of carbonyl (C=O) groups excluding carboxylic acids is 1. The van der Waals surface area contributed by atoms with Crippen molar-refractivity contribution in [3.63, 3.8) is 0 Å². The number of hydrogen-bond acceptors (Lipinski definition) is 4.